The predicted octanol–water partition coefficient (Wildman–Crippen LogP) is 2.17. The molecule has 1 aromatic heterocycles. The molecule has 1 fully saturated rings. The first-order valence-electron chi connectivity index (χ1n) is 4.98. The molecule has 0 aromatic carbocycles. The molecule has 72 valence electrons. The molecular formula is C11H13N3. The standard InChI is InChI=1S/C11H13N3/c12-7-10-3-4-11(14-8-10)13-6-5-9-1-2-9/h3-4,8-9H,1-2,5-6H2,(H,13,14). The molecule has 1 aromatic rings. The van der Waals surface area contributed by atoms with Gasteiger partial charge >= 0.3 is 0 Å². The highest BCUT2D eigenvalue weighted by molar-refractivity contribution is 5.38. The molecule has 0 saturated heterocycles. The fourth-order valence-corrected chi connectivity index (χ4v) is 1.38. The van der Waals surface area contributed by atoms with Crippen LogP contribution in [-0.2, 0) is 0 Å². The highest BCUT2D eigenvalue weighted by atomic mass is 15.0. The van der Waals surface area contributed by atoms with Crippen LogP contribution in [0.5, 0.6) is 0 Å². The first-order chi connectivity index (χ1) is 6.88. The van der Waals surface area contributed by atoms with Crippen LogP contribution in [0, 0.1) is 17.2 Å². The van der Waals surface area contributed by atoms with Crippen LogP contribution < -0.4 is 5.32 Å². The van der Waals surface area contributed by atoms with Crippen LogP contribution in [0.3, 0.4) is 0 Å². The van der Waals surface area contributed by atoms with Crippen molar-refractivity contribution in [3.8, 4) is 6.07 Å². The number of nitrogens with one attached hydrogen (secondary N) is 1. The van der Waals surface area contributed by atoms with Crippen molar-refractivity contribution in [3.05, 3.63) is 23.9 Å². The van der Waals surface area contributed by atoms with Crippen molar-refractivity contribution in [1.29, 1.82) is 5.26 Å². The Morgan fingerprint density at radius 1 is 1.50 bits per heavy atom. The molecule has 1 saturated carbocycles. The molecule has 0 atom stereocenters. The average Bonchev–Trinajstić information content (AvgIpc) is 3.03. The maximum absolute atomic E-state index is 8.58. The summed E-state index contributed by atoms with van der Waals surface area (Å²) < 4.78 is 0. The minimum absolute atomic E-state index is 0.609. The van der Waals surface area contributed by atoms with Crippen LogP contribution in [0.15, 0.2) is 18.3 Å². The van der Waals surface area contributed by atoms with Crippen LogP contribution in [0.25, 0.3) is 0 Å². The average molecular weight is 187 g/mol. The van der Waals surface area contributed by atoms with E-state index in [1.165, 1.54) is 19.3 Å². The van der Waals surface area contributed by atoms with Gasteiger partial charge < -0.3 is 5.32 Å². The SMILES string of the molecule is N#Cc1ccc(NCCC2CC2)nc1. The van der Waals surface area contributed by atoms with E-state index in [9.17, 15) is 0 Å². The first kappa shape index (κ1) is 9.01. The third kappa shape index (κ3) is 2.46. The topological polar surface area (TPSA) is 48.7 Å². The summed E-state index contributed by atoms with van der Waals surface area (Å²) in [5.74, 6) is 1.81. The zero-order valence-corrected chi connectivity index (χ0v) is 8.03. The van der Waals surface area contributed by atoms with E-state index in [1.54, 1.807) is 12.3 Å². The number of hydrogen-bond donors (Lipinski definition) is 1. The van der Waals surface area contributed by atoms with Gasteiger partial charge in [-0.2, -0.15) is 5.26 Å². The molecule has 0 amide bonds. The smallest absolute Gasteiger partial charge is 0.125 e. The molecule has 1 aliphatic carbocycles. The molecule has 0 aliphatic heterocycles. The highest BCUT2D eigenvalue weighted by Gasteiger charge is 2.20. The van der Waals surface area contributed by atoms with Crippen molar-refractivity contribution in [2.24, 2.45) is 5.92 Å². The summed E-state index contributed by atoms with van der Waals surface area (Å²) in [5.41, 5.74) is 0.609. The van der Waals surface area contributed by atoms with Crippen LogP contribution in [0.2, 0.25) is 0 Å². The van der Waals surface area contributed by atoms with Gasteiger partial charge in [-0.1, -0.05) is 12.8 Å². The van der Waals surface area contributed by atoms with Crippen LogP contribution in [-0.4, -0.2) is 11.5 Å². The predicted molar refractivity (Wildman–Crippen MR) is 54.8 cm³/mol. The molecule has 3 heteroatoms. The van der Waals surface area contributed by atoms with Gasteiger partial charge in [0.15, 0.2) is 0 Å². The highest BCUT2D eigenvalue weighted by Crippen LogP contribution is 2.31. The van der Waals surface area contributed by atoms with Gasteiger partial charge in [0.25, 0.3) is 0 Å². The molecule has 0 radical (unpaired) electrons. The first-order valence-corrected chi connectivity index (χ1v) is 4.98. The zero-order chi connectivity index (χ0) is 9.80. The van der Waals surface area contributed by atoms with Crippen LogP contribution in [0.4, 0.5) is 5.82 Å². The van der Waals surface area contributed by atoms with E-state index < -0.39 is 0 Å². The van der Waals surface area contributed by atoms with Gasteiger partial charge in [0, 0.05) is 12.7 Å². The second-order valence-corrected chi connectivity index (χ2v) is 3.70. The van der Waals surface area contributed by atoms with Crippen molar-refractivity contribution in [2.45, 2.75) is 19.3 Å². The van der Waals surface area contributed by atoms with Gasteiger partial charge in [-0.25, -0.2) is 4.98 Å². The van der Waals surface area contributed by atoms with E-state index in [2.05, 4.69) is 10.3 Å². The van der Waals surface area contributed by atoms with Crippen molar-refractivity contribution in [1.82, 2.24) is 4.98 Å². The molecule has 0 bridgehead atoms. The van der Waals surface area contributed by atoms with Crippen molar-refractivity contribution >= 4 is 5.82 Å². The lowest BCUT2D eigenvalue weighted by molar-refractivity contribution is 0.758. The number of rotatable bonds is 4. The van der Waals surface area contributed by atoms with Crippen molar-refractivity contribution < 1.29 is 0 Å². The zero-order valence-electron chi connectivity index (χ0n) is 8.03. The fraction of sp³-hybridized carbons (Fsp3) is 0.455. The lowest BCUT2D eigenvalue weighted by Crippen LogP contribution is -2.03. The normalized spacial score (nSPS) is 14.8. The van der Waals surface area contributed by atoms with Gasteiger partial charge in [0.1, 0.15) is 11.9 Å². The Hall–Kier alpha value is -1.56. The summed E-state index contributed by atoms with van der Waals surface area (Å²) in [4.78, 5) is 4.13. The van der Waals surface area contributed by atoms with Gasteiger partial charge in [-0.05, 0) is 24.5 Å². The van der Waals surface area contributed by atoms with Gasteiger partial charge in [-0.15, -0.1) is 0 Å². The van der Waals surface area contributed by atoms with E-state index in [0.29, 0.717) is 5.56 Å². The second kappa shape index (κ2) is 4.10. The number of anilines is 1. The van der Waals surface area contributed by atoms with Gasteiger partial charge in [0.2, 0.25) is 0 Å². The Morgan fingerprint density at radius 2 is 2.36 bits per heavy atom. The lowest BCUT2D eigenvalue weighted by atomic mass is 10.3. The molecule has 0 unspecified atom stereocenters. The number of aromatic nitrogens is 1. The van der Waals surface area contributed by atoms with Gasteiger partial charge in [0.05, 0.1) is 5.56 Å². The van der Waals surface area contributed by atoms with E-state index in [1.807, 2.05) is 12.1 Å². The second-order valence-electron chi connectivity index (χ2n) is 3.70. The van der Waals surface area contributed by atoms with Crippen LogP contribution in [0.1, 0.15) is 24.8 Å². The van der Waals surface area contributed by atoms with Crippen LogP contribution >= 0.6 is 0 Å². The summed E-state index contributed by atoms with van der Waals surface area (Å²) in [6.45, 7) is 0.990. The summed E-state index contributed by atoms with van der Waals surface area (Å²) in [6, 6.07) is 5.69. The number of nitriles is 1. The van der Waals surface area contributed by atoms with E-state index in [0.717, 1.165) is 18.3 Å². The molecule has 3 nitrogen and oxygen atoms in total. The summed E-state index contributed by atoms with van der Waals surface area (Å²) in [6.07, 6.45) is 5.62. The fourth-order valence-electron chi connectivity index (χ4n) is 1.38. The maximum Gasteiger partial charge on any atom is 0.125 e. The molecule has 1 N–H and O–H groups in total. The molecule has 2 rings (SSSR count). The van der Waals surface area contributed by atoms with Crippen molar-refractivity contribution in [2.75, 3.05) is 11.9 Å². The lowest BCUT2D eigenvalue weighted by Gasteiger charge is -2.03. The maximum atomic E-state index is 8.58. The largest absolute Gasteiger partial charge is 0.370 e. The summed E-state index contributed by atoms with van der Waals surface area (Å²) >= 11 is 0. The third-order valence-corrected chi connectivity index (χ3v) is 2.45. The van der Waals surface area contributed by atoms with E-state index in [4.69, 9.17) is 5.26 Å². The summed E-state index contributed by atoms with van der Waals surface area (Å²) in [7, 11) is 0. The quantitative estimate of drug-likeness (QED) is 0.785. The monoisotopic (exact) mass is 187 g/mol. The molecule has 1 aliphatic rings. The Bertz CT molecular complexity index is 333. The number of pyridine rings is 1. The Kier molecular flexibility index (Phi) is 2.64. The van der Waals surface area contributed by atoms with E-state index in [-0.39, 0.29) is 0 Å². The molecular weight excluding hydrogens is 174 g/mol. The molecule has 14 heavy (non-hydrogen) atoms. The Balaban J connectivity index is 1.80. The Morgan fingerprint density at radius 3 is 2.93 bits per heavy atom. The minimum Gasteiger partial charge on any atom is -0.370 e. The Labute approximate surface area is 83.8 Å². The van der Waals surface area contributed by atoms with Crippen molar-refractivity contribution in [3.63, 3.8) is 0 Å². The molecule has 0 spiro atoms. The van der Waals surface area contributed by atoms with E-state index >= 15 is 0 Å². The third-order valence-electron chi connectivity index (χ3n) is 2.45. The minimum atomic E-state index is 0.609. The summed E-state index contributed by atoms with van der Waals surface area (Å²) in [5, 5.41) is 11.8. The number of hydrogen-bond acceptors (Lipinski definition) is 3. The molecule has 1 heterocycles. The number of nitrogens with zero attached hydrogens (tertiary/aromatic N) is 2. The van der Waals surface area contributed by atoms with Gasteiger partial charge in [-0.3, -0.25) is 0 Å².